The van der Waals surface area contributed by atoms with Crippen molar-refractivity contribution in [3.05, 3.63) is 23.8 Å². The summed E-state index contributed by atoms with van der Waals surface area (Å²) < 4.78 is 0. The maximum atomic E-state index is 8.51. The third kappa shape index (κ3) is 3.91. The van der Waals surface area contributed by atoms with E-state index in [2.05, 4.69) is 13.0 Å². The van der Waals surface area contributed by atoms with E-state index >= 15 is 0 Å². The van der Waals surface area contributed by atoms with Crippen molar-refractivity contribution in [1.82, 2.24) is 0 Å². The summed E-state index contributed by atoms with van der Waals surface area (Å²) in [5, 5.41) is 8.51. The number of hydrogen-bond donors (Lipinski definition) is 0. The van der Waals surface area contributed by atoms with E-state index in [-0.39, 0.29) is 0 Å². The van der Waals surface area contributed by atoms with Crippen LogP contribution in [0.25, 0.3) is 0 Å². The van der Waals surface area contributed by atoms with Crippen LogP contribution in [0.1, 0.15) is 26.7 Å². The van der Waals surface area contributed by atoms with Crippen molar-refractivity contribution in [2.45, 2.75) is 26.7 Å². The van der Waals surface area contributed by atoms with Gasteiger partial charge in [0.15, 0.2) is 0 Å². The average molecular weight is 135 g/mol. The van der Waals surface area contributed by atoms with Crippen molar-refractivity contribution in [2.75, 3.05) is 0 Å². The lowest BCUT2D eigenvalue weighted by Crippen LogP contribution is -1.69. The Morgan fingerprint density at radius 2 is 2.10 bits per heavy atom. The largest absolute Gasteiger partial charge is 0.192 e. The molecule has 10 heavy (non-hydrogen) atoms. The summed E-state index contributed by atoms with van der Waals surface area (Å²) in [5.41, 5.74) is 0.768. The molecular weight excluding hydrogens is 122 g/mol. The molecule has 0 radical (unpaired) electrons. The van der Waals surface area contributed by atoms with Gasteiger partial charge in [0.2, 0.25) is 0 Å². The van der Waals surface area contributed by atoms with Gasteiger partial charge in [-0.1, -0.05) is 26.0 Å². The fourth-order valence-corrected chi connectivity index (χ4v) is 0.616. The molecule has 0 atom stereocenters. The molecule has 0 aromatic rings. The first-order valence-corrected chi connectivity index (χ1v) is 3.62. The molecule has 1 nitrogen and oxygen atoms in total. The minimum atomic E-state index is 0.768. The lowest BCUT2D eigenvalue weighted by Gasteiger charge is -1.84. The Bertz CT molecular complexity index is 170. The molecule has 0 aliphatic carbocycles. The summed E-state index contributed by atoms with van der Waals surface area (Å²) in [5.74, 6) is 0. The van der Waals surface area contributed by atoms with Crippen molar-refractivity contribution in [3.8, 4) is 6.07 Å². The Labute approximate surface area is 62.7 Å². The van der Waals surface area contributed by atoms with Gasteiger partial charge < -0.3 is 0 Å². The second-order valence-corrected chi connectivity index (χ2v) is 1.99. The number of hydrogen-bond acceptors (Lipinski definition) is 1. The molecule has 0 unspecified atom stereocenters. The summed E-state index contributed by atoms with van der Waals surface area (Å²) in [6.07, 6.45) is 7.69. The molecule has 0 N–H and O–H groups in total. The molecule has 0 heterocycles. The molecule has 54 valence electrons. The smallest absolute Gasteiger partial charge is 0.0988 e. The molecule has 0 saturated carbocycles. The number of nitrogens with zero attached hydrogens (tertiary/aromatic N) is 1. The van der Waals surface area contributed by atoms with Crippen LogP contribution in [-0.4, -0.2) is 0 Å². The topological polar surface area (TPSA) is 23.8 Å². The Morgan fingerprint density at radius 1 is 1.40 bits per heavy atom. The van der Waals surface area contributed by atoms with Gasteiger partial charge in [-0.25, -0.2) is 0 Å². The van der Waals surface area contributed by atoms with Crippen molar-refractivity contribution < 1.29 is 0 Å². The van der Waals surface area contributed by atoms with Crippen molar-refractivity contribution in [1.29, 1.82) is 5.26 Å². The van der Waals surface area contributed by atoms with E-state index < -0.39 is 0 Å². The third-order valence-corrected chi connectivity index (χ3v) is 1.09. The molecule has 0 rings (SSSR count). The van der Waals surface area contributed by atoms with Crippen LogP contribution in [0.5, 0.6) is 0 Å². The molecule has 0 fully saturated rings. The van der Waals surface area contributed by atoms with Gasteiger partial charge in [0, 0.05) is 5.57 Å². The van der Waals surface area contributed by atoms with Crippen molar-refractivity contribution >= 4 is 0 Å². The van der Waals surface area contributed by atoms with Crippen LogP contribution in [0.2, 0.25) is 0 Å². The van der Waals surface area contributed by atoms with Crippen LogP contribution in [0, 0.1) is 11.3 Å². The minimum absolute atomic E-state index is 0.768. The maximum Gasteiger partial charge on any atom is 0.0988 e. The fourth-order valence-electron chi connectivity index (χ4n) is 0.616. The highest BCUT2D eigenvalue weighted by Crippen LogP contribution is 1.97. The first-order valence-electron chi connectivity index (χ1n) is 3.62. The number of rotatable bonds is 3. The van der Waals surface area contributed by atoms with Crippen LogP contribution in [0.4, 0.5) is 0 Å². The lowest BCUT2D eigenvalue weighted by atomic mass is 10.2. The Morgan fingerprint density at radius 3 is 2.50 bits per heavy atom. The summed E-state index contributed by atoms with van der Waals surface area (Å²) in [6, 6.07) is 2.11. The molecule has 0 amide bonds. The van der Waals surface area contributed by atoms with Gasteiger partial charge in [-0.15, -0.1) is 0 Å². The van der Waals surface area contributed by atoms with E-state index in [0.29, 0.717) is 0 Å². The van der Waals surface area contributed by atoms with Crippen LogP contribution in [0.15, 0.2) is 23.8 Å². The standard InChI is InChI=1S/C9H13N/c1-3-5-7-9(8-10)6-4-2/h5-7H,3-4H2,1-2H3/b7-5-,9-6+. The quantitative estimate of drug-likeness (QED) is 0.431. The molecule has 0 bridgehead atoms. The summed E-state index contributed by atoms with van der Waals surface area (Å²) >= 11 is 0. The third-order valence-electron chi connectivity index (χ3n) is 1.09. The van der Waals surface area contributed by atoms with Gasteiger partial charge in [-0.05, 0) is 18.9 Å². The van der Waals surface area contributed by atoms with Gasteiger partial charge in [-0.2, -0.15) is 5.26 Å². The molecule has 1 heteroatoms. The minimum Gasteiger partial charge on any atom is -0.192 e. The number of nitriles is 1. The van der Waals surface area contributed by atoms with E-state index in [9.17, 15) is 0 Å². The van der Waals surface area contributed by atoms with Gasteiger partial charge in [0.25, 0.3) is 0 Å². The van der Waals surface area contributed by atoms with E-state index in [1.807, 2.05) is 25.2 Å². The van der Waals surface area contributed by atoms with Crippen LogP contribution in [0.3, 0.4) is 0 Å². The van der Waals surface area contributed by atoms with Gasteiger partial charge in [0.1, 0.15) is 0 Å². The highest BCUT2D eigenvalue weighted by atomic mass is 14.2. The summed E-state index contributed by atoms with van der Waals surface area (Å²) in [6.45, 7) is 4.08. The molecule has 0 aliphatic heterocycles. The molecular formula is C9H13N. The predicted molar refractivity (Wildman–Crippen MR) is 43.4 cm³/mol. The zero-order chi connectivity index (χ0) is 7.82. The van der Waals surface area contributed by atoms with Crippen molar-refractivity contribution in [2.24, 2.45) is 0 Å². The first kappa shape index (κ1) is 8.97. The van der Waals surface area contributed by atoms with Crippen LogP contribution >= 0.6 is 0 Å². The van der Waals surface area contributed by atoms with E-state index in [4.69, 9.17) is 5.26 Å². The molecule has 0 spiro atoms. The lowest BCUT2D eigenvalue weighted by molar-refractivity contribution is 1.20. The number of allylic oxidation sites excluding steroid dienone is 4. The SMILES string of the molecule is CC/C=C\C(C#N)=C/CC. The summed E-state index contributed by atoms with van der Waals surface area (Å²) in [7, 11) is 0. The van der Waals surface area contributed by atoms with E-state index in [1.54, 1.807) is 0 Å². The maximum absolute atomic E-state index is 8.51. The zero-order valence-corrected chi connectivity index (χ0v) is 6.59. The normalized spacial score (nSPS) is 11.9. The Kier molecular flexibility index (Phi) is 5.47. The molecule has 0 aromatic heterocycles. The van der Waals surface area contributed by atoms with Crippen LogP contribution < -0.4 is 0 Å². The first-order chi connectivity index (χ1) is 4.85. The van der Waals surface area contributed by atoms with E-state index in [0.717, 1.165) is 18.4 Å². The molecule has 0 saturated heterocycles. The van der Waals surface area contributed by atoms with Crippen LogP contribution in [-0.2, 0) is 0 Å². The second kappa shape index (κ2) is 6.10. The van der Waals surface area contributed by atoms with Crippen molar-refractivity contribution in [3.63, 3.8) is 0 Å². The Balaban J connectivity index is 3.99. The zero-order valence-electron chi connectivity index (χ0n) is 6.59. The monoisotopic (exact) mass is 135 g/mol. The van der Waals surface area contributed by atoms with Gasteiger partial charge >= 0.3 is 0 Å². The fraction of sp³-hybridized carbons (Fsp3) is 0.444. The highest BCUT2D eigenvalue weighted by molar-refractivity contribution is 5.32. The highest BCUT2D eigenvalue weighted by Gasteiger charge is 1.83. The molecule has 0 aliphatic rings. The average Bonchev–Trinajstić information content (AvgIpc) is 1.98. The van der Waals surface area contributed by atoms with Gasteiger partial charge in [0.05, 0.1) is 6.07 Å². The second-order valence-electron chi connectivity index (χ2n) is 1.99. The predicted octanol–water partition coefficient (Wildman–Crippen LogP) is 2.81. The van der Waals surface area contributed by atoms with E-state index in [1.165, 1.54) is 0 Å². The molecule has 0 aromatic carbocycles. The van der Waals surface area contributed by atoms with Gasteiger partial charge in [-0.3, -0.25) is 0 Å². The Hall–Kier alpha value is -1.03. The summed E-state index contributed by atoms with van der Waals surface area (Å²) in [4.78, 5) is 0.